The van der Waals surface area contributed by atoms with Gasteiger partial charge in [0.25, 0.3) is 5.91 Å². The van der Waals surface area contributed by atoms with E-state index in [0.29, 0.717) is 28.3 Å². The Kier molecular flexibility index (Phi) is 5.11. The third-order valence-electron chi connectivity index (χ3n) is 3.87. The van der Waals surface area contributed by atoms with Crippen molar-refractivity contribution in [1.29, 1.82) is 0 Å². The van der Waals surface area contributed by atoms with Crippen LogP contribution in [-0.4, -0.2) is 17.0 Å². The van der Waals surface area contributed by atoms with Gasteiger partial charge in [-0.15, -0.1) is 0 Å². The van der Waals surface area contributed by atoms with Crippen LogP contribution in [0.15, 0.2) is 41.0 Å². The van der Waals surface area contributed by atoms with E-state index < -0.39 is 17.4 Å². The van der Waals surface area contributed by atoms with Crippen LogP contribution >= 0.6 is 11.6 Å². The SMILES string of the molecule is CCc1occc1C(=O)NC(CC)(C(=O)O)c1ccc(Cl)cc1. The third kappa shape index (κ3) is 3.24. The van der Waals surface area contributed by atoms with E-state index in [4.69, 9.17) is 16.0 Å². The van der Waals surface area contributed by atoms with Gasteiger partial charge in [-0.05, 0) is 30.2 Å². The first-order chi connectivity index (χ1) is 10.9. The van der Waals surface area contributed by atoms with Crippen molar-refractivity contribution < 1.29 is 19.1 Å². The number of aryl methyl sites for hydroxylation is 1. The molecule has 0 aliphatic carbocycles. The molecule has 1 heterocycles. The summed E-state index contributed by atoms with van der Waals surface area (Å²) in [4.78, 5) is 24.5. The minimum atomic E-state index is -1.52. The quantitative estimate of drug-likeness (QED) is 0.845. The summed E-state index contributed by atoms with van der Waals surface area (Å²) in [5.41, 5.74) is -0.712. The summed E-state index contributed by atoms with van der Waals surface area (Å²) in [6, 6.07) is 7.96. The maximum atomic E-state index is 12.5. The Balaban J connectivity index is 2.41. The minimum Gasteiger partial charge on any atom is -0.479 e. The van der Waals surface area contributed by atoms with Crippen molar-refractivity contribution in [2.75, 3.05) is 0 Å². The number of furan rings is 1. The van der Waals surface area contributed by atoms with Gasteiger partial charge in [0.2, 0.25) is 0 Å². The summed E-state index contributed by atoms with van der Waals surface area (Å²) in [5.74, 6) is -1.08. The molecule has 1 atom stereocenters. The fourth-order valence-corrected chi connectivity index (χ4v) is 2.63. The Labute approximate surface area is 139 Å². The predicted octanol–water partition coefficient (Wildman–Crippen LogP) is 3.62. The molecule has 0 fully saturated rings. The molecule has 0 radical (unpaired) electrons. The molecule has 0 spiro atoms. The Morgan fingerprint density at radius 1 is 1.22 bits per heavy atom. The molecule has 1 unspecified atom stereocenters. The van der Waals surface area contributed by atoms with Gasteiger partial charge in [-0.3, -0.25) is 4.79 Å². The van der Waals surface area contributed by atoms with Crippen LogP contribution in [0.3, 0.4) is 0 Å². The van der Waals surface area contributed by atoms with E-state index in [0.717, 1.165) is 0 Å². The number of rotatable bonds is 6. The molecular weight excluding hydrogens is 318 g/mol. The van der Waals surface area contributed by atoms with E-state index in [1.165, 1.54) is 12.3 Å². The number of carbonyl (C=O) groups excluding carboxylic acids is 1. The van der Waals surface area contributed by atoms with Crippen LogP contribution in [0.5, 0.6) is 0 Å². The highest BCUT2D eigenvalue weighted by molar-refractivity contribution is 6.30. The molecule has 2 N–H and O–H groups in total. The number of amides is 1. The molecule has 2 rings (SSSR count). The summed E-state index contributed by atoms with van der Waals surface area (Å²) in [7, 11) is 0. The number of aliphatic carboxylic acids is 1. The molecule has 5 nitrogen and oxygen atoms in total. The number of carboxylic acid groups (broad SMARTS) is 1. The number of benzene rings is 1. The summed E-state index contributed by atoms with van der Waals surface area (Å²) in [6.07, 6.45) is 2.16. The van der Waals surface area contributed by atoms with Crippen LogP contribution in [-0.2, 0) is 16.8 Å². The topological polar surface area (TPSA) is 79.5 Å². The smallest absolute Gasteiger partial charge is 0.334 e. The highest BCUT2D eigenvalue weighted by Crippen LogP contribution is 2.28. The van der Waals surface area contributed by atoms with Gasteiger partial charge in [-0.1, -0.05) is 37.6 Å². The Hall–Kier alpha value is -2.27. The molecule has 0 saturated heterocycles. The van der Waals surface area contributed by atoms with Crippen LogP contribution in [0.1, 0.15) is 41.9 Å². The lowest BCUT2D eigenvalue weighted by Gasteiger charge is -2.30. The summed E-state index contributed by atoms with van der Waals surface area (Å²) in [5, 5.41) is 12.9. The normalized spacial score (nSPS) is 13.3. The minimum absolute atomic E-state index is 0.189. The first kappa shape index (κ1) is 17.1. The van der Waals surface area contributed by atoms with E-state index in [-0.39, 0.29) is 6.42 Å². The first-order valence-electron chi connectivity index (χ1n) is 7.33. The third-order valence-corrected chi connectivity index (χ3v) is 4.12. The lowest BCUT2D eigenvalue weighted by molar-refractivity contribution is -0.145. The van der Waals surface area contributed by atoms with Crippen molar-refractivity contribution in [3.05, 3.63) is 58.5 Å². The predicted molar refractivity (Wildman–Crippen MR) is 86.6 cm³/mol. The van der Waals surface area contributed by atoms with Crippen LogP contribution < -0.4 is 5.32 Å². The van der Waals surface area contributed by atoms with Crippen molar-refractivity contribution in [1.82, 2.24) is 5.32 Å². The van der Waals surface area contributed by atoms with Gasteiger partial charge in [0.05, 0.1) is 11.8 Å². The highest BCUT2D eigenvalue weighted by atomic mass is 35.5. The maximum Gasteiger partial charge on any atom is 0.334 e. The maximum absolute atomic E-state index is 12.5. The fraction of sp³-hybridized carbons (Fsp3) is 0.294. The average Bonchev–Trinajstić information content (AvgIpc) is 3.02. The van der Waals surface area contributed by atoms with E-state index in [1.807, 2.05) is 6.92 Å². The molecule has 1 amide bonds. The first-order valence-corrected chi connectivity index (χ1v) is 7.70. The van der Waals surface area contributed by atoms with Gasteiger partial charge >= 0.3 is 5.97 Å². The molecule has 0 aliphatic heterocycles. The molecular formula is C17H18ClNO4. The molecule has 2 aromatic rings. The monoisotopic (exact) mass is 335 g/mol. The van der Waals surface area contributed by atoms with E-state index >= 15 is 0 Å². The molecule has 0 aliphatic rings. The number of hydrogen-bond donors (Lipinski definition) is 2. The van der Waals surface area contributed by atoms with E-state index in [2.05, 4.69) is 5.32 Å². The number of carbonyl (C=O) groups is 2. The lowest BCUT2D eigenvalue weighted by atomic mass is 9.86. The van der Waals surface area contributed by atoms with Crippen LogP contribution in [0.4, 0.5) is 0 Å². The van der Waals surface area contributed by atoms with Gasteiger partial charge in [-0.2, -0.15) is 0 Å². The van der Waals surface area contributed by atoms with Crippen molar-refractivity contribution in [2.45, 2.75) is 32.2 Å². The van der Waals surface area contributed by atoms with Gasteiger partial charge in [0, 0.05) is 11.4 Å². The van der Waals surface area contributed by atoms with Gasteiger partial charge in [-0.25, -0.2) is 4.79 Å². The van der Waals surface area contributed by atoms with Gasteiger partial charge < -0.3 is 14.8 Å². The molecule has 0 saturated carbocycles. The zero-order valence-corrected chi connectivity index (χ0v) is 13.7. The Bertz CT molecular complexity index is 708. The number of halogens is 1. The molecule has 0 bridgehead atoms. The second kappa shape index (κ2) is 6.87. The van der Waals surface area contributed by atoms with Crippen molar-refractivity contribution >= 4 is 23.5 Å². The van der Waals surface area contributed by atoms with Crippen molar-refractivity contribution in [2.24, 2.45) is 0 Å². The number of carboxylic acids is 1. The zero-order valence-electron chi connectivity index (χ0n) is 12.9. The summed E-state index contributed by atoms with van der Waals surface area (Å²) in [6.45, 7) is 3.57. The van der Waals surface area contributed by atoms with Gasteiger partial charge in [0.1, 0.15) is 5.76 Å². The molecule has 1 aromatic heterocycles. The number of hydrogen-bond acceptors (Lipinski definition) is 3. The molecule has 6 heteroatoms. The summed E-state index contributed by atoms with van der Waals surface area (Å²) < 4.78 is 5.24. The van der Waals surface area contributed by atoms with Crippen LogP contribution in [0, 0.1) is 0 Å². The van der Waals surface area contributed by atoms with E-state index in [9.17, 15) is 14.7 Å². The lowest BCUT2D eigenvalue weighted by Crippen LogP contribution is -2.51. The van der Waals surface area contributed by atoms with E-state index in [1.54, 1.807) is 31.2 Å². The summed E-state index contributed by atoms with van der Waals surface area (Å²) >= 11 is 5.86. The zero-order chi connectivity index (χ0) is 17.0. The Morgan fingerprint density at radius 2 is 1.87 bits per heavy atom. The van der Waals surface area contributed by atoms with Crippen LogP contribution in [0.2, 0.25) is 5.02 Å². The second-order valence-electron chi connectivity index (χ2n) is 5.14. The fourth-order valence-electron chi connectivity index (χ4n) is 2.51. The van der Waals surface area contributed by atoms with Gasteiger partial charge in [0.15, 0.2) is 5.54 Å². The highest BCUT2D eigenvalue weighted by Gasteiger charge is 2.40. The average molecular weight is 336 g/mol. The Morgan fingerprint density at radius 3 is 2.39 bits per heavy atom. The molecule has 122 valence electrons. The largest absolute Gasteiger partial charge is 0.479 e. The van der Waals surface area contributed by atoms with Crippen molar-refractivity contribution in [3.63, 3.8) is 0 Å². The second-order valence-corrected chi connectivity index (χ2v) is 5.57. The molecule has 23 heavy (non-hydrogen) atoms. The number of nitrogens with one attached hydrogen (secondary N) is 1. The van der Waals surface area contributed by atoms with Crippen LogP contribution in [0.25, 0.3) is 0 Å². The standard InChI is InChI=1S/C17H18ClNO4/c1-3-14-13(9-10-23-14)15(20)19-17(4-2,16(21)22)11-5-7-12(18)8-6-11/h5-10H,3-4H2,1-2H3,(H,19,20)(H,21,22). The molecule has 1 aromatic carbocycles. The van der Waals surface area contributed by atoms with Crippen molar-refractivity contribution in [3.8, 4) is 0 Å².